The zero-order chi connectivity index (χ0) is 23.5. The second-order valence-electron chi connectivity index (χ2n) is 8.42. The Morgan fingerprint density at radius 3 is 2.65 bits per heavy atom. The number of halogens is 3. The van der Waals surface area contributed by atoms with Gasteiger partial charge < -0.3 is 4.74 Å². The maximum absolute atomic E-state index is 14.1. The molecule has 0 aliphatic carbocycles. The Morgan fingerprint density at radius 2 is 1.82 bits per heavy atom. The van der Waals surface area contributed by atoms with E-state index in [9.17, 15) is 4.39 Å². The van der Waals surface area contributed by atoms with Gasteiger partial charge in [-0.1, -0.05) is 64.8 Å². The molecule has 1 unspecified atom stereocenters. The molecule has 1 aliphatic rings. The molecule has 34 heavy (non-hydrogen) atoms. The zero-order valence-corrected chi connectivity index (χ0v) is 19.9. The van der Waals surface area contributed by atoms with Crippen LogP contribution in [-0.4, -0.2) is 33.0 Å². The topological polar surface area (TPSA) is 43.2 Å². The molecule has 3 aromatic carbocycles. The Labute approximate surface area is 207 Å². The van der Waals surface area contributed by atoms with Crippen LogP contribution in [0.1, 0.15) is 23.6 Å². The molecule has 1 aliphatic heterocycles. The number of aromatic nitrogens is 3. The van der Waals surface area contributed by atoms with Crippen molar-refractivity contribution in [2.24, 2.45) is 0 Å². The van der Waals surface area contributed by atoms with Crippen LogP contribution in [0.25, 0.3) is 11.3 Å². The molecule has 0 saturated carbocycles. The summed E-state index contributed by atoms with van der Waals surface area (Å²) in [6.07, 6.45) is 2.86. The van der Waals surface area contributed by atoms with Crippen molar-refractivity contribution in [1.29, 1.82) is 0 Å². The summed E-state index contributed by atoms with van der Waals surface area (Å²) in [5.41, 5.74) is 3.29. The van der Waals surface area contributed by atoms with E-state index in [1.54, 1.807) is 18.2 Å². The highest BCUT2D eigenvalue weighted by atomic mass is 35.5. The first-order valence-electron chi connectivity index (χ1n) is 11.1. The fourth-order valence-corrected chi connectivity index (χ4v) is 4.53. The van der Waals surface area contributed by atoms with Gasteiger partial charge in [0.2, 0.25) is 0 Å². The Morgan fingerprint density at radius 1 is 0.971 bits per heavy atom. The minimum atomic E-state index is -0.360. The van der Waals surface area contributed by atoms with E-state index >= 15 is 0 Å². The lowest BCUT2D eigenvalue weighted by molar-refractivity contribution is 0.307. The predicted octanol–water partition coefficient (Wildman–Crippen LogP) is 6.42. The molecule has 174 valence electrons. The third-order valence-corrected chi connectivity index (χ3v) is 6.72. The van der Waals surface area contributed by atoms with Gasteiger partial charge in [0.25, 0.3) is 0 Å². The number of nitrogens with zero attached hydrogens (tertiary/aromatic N) is 4. The van der Waals surface area contributed by atoms with Crippen LogP contribution in [0.5, 0.6) is 5.75 Å². The highest BCUT2D eigenvalue weighted by Gasteiger charge is 2.25. The molecular weight excluding hydrogens is 474 g/mol. The smallest absolute Gasteiger partial charge is 0.129 e. The lowest BCUT2D eigenvalue weighted by Crippen LogP contribution is -2.21. The maximum Gasteiger partial charge on any atom is 0.129 e. The van der Waals surface area contributed by atoms with Crippen molar-refractivity contribution >= 4 is 23.2 Å². The average molecular weight is 497 g/mol. The second-order valence-corrected chi connectivity index (χ2v) is 9.24. The van der Waals surface area contributed by atoms with E-state index in [1.807, 2.05) is 23.0 Å². The summed E-state index contributed by atoms with van der Waals surface area (Å²) < 4.78 is 22.0. The highest BCUT2D eigenvalue weighted by molar-refractivity contribution is 6.42. The van der Waals surface area contributed by atoms with Gasteiger partial charge >= 0.3 is 0 Å². The Bertz CT molecular complexity index is 1280. The van der Waals surface area contributed by atoms with Gasteiger partial charge in [0.1, 0.15) is 23.9 Å². The van der Waals surface area contributed by atoms with E-state index in [2.05, 4.69) is 39.5 Å². The standard InChI is InChI=1S/C26H23Cl2FN4O/c27-23-8-6-19(12-24(23)28)17-34-26-9-7-20(29)13-22(26)25-16-33(31-30-25)21-10-11-32(15-21)14-18-4-2-1-3-5-18/h1-9,12-13,16,21H,10-11,14-15,17H2. The van der Waals surface area contributed by atoms with Crippen LogP contribution in [0, 0.1) is 5.82 Å². The van der Waals surface area contributed by atoms with Crippen molar-refractivity contribution in [3.05, 3.63) is 99.9 Å². The summed E-state index contributed by atoms with van der Waals surface area (Å²) in [5.74, 6) is 0.165. The SMILES string of the molecule is Fc1ccc(OCc2ccc(Cl)c(Cl)c2)c(-c2cn(C3CCN(Cc4ccccc4)C3)nn2)c1. The van der Waals surface area contributed by atoms with Gasteiger partial charge in [-0.3, -0.25) is 4.90 Å². The van der Waals surface area contributed by atoms with Crippen molar-refractivity contribution in [2.75, 3.05) is 13.1 Å². The summed E-state index contributed by atoms with van der Waals surface area (Å²) in [4.78, 5) is 2.41. The number of benzene rings is 3. The molecule has 0 radical (unpaired) electrons. The molecule has 4 aromatic rings. The Balaban J connectivity index is 1.29. The molecule has 1 saturated heterocycles. The minimum absolute atomic E-state index is 0.221. The van der Waals surface area contributed by atoms with Gasteiger partial charge in [-0.25, -0.2) is 9.07 Å². The summed E-state index contributed by atoms with van der Waals surface area (Å²) in [5, 5.41) is 9.63. The number of ether oxygens (including phenoxy) is 1. The Hall–Kier alpha value is -2.93. The number of hydrogen-bond acceptors (Lipinski definition) is 4. The molecule has 8 heteroatoms. The number of rotatable bonds is 7. The zero-order valence-electron chi connectivity index (χ0n) is 18.4. The molecule has 0 amide bonds. The van der Waals surface area contributed by atoms with Crippen LogP contribution in [0.15, 0.2) is 72.9 Å². The quantitative estimate of drug-likeness (QED) is 0.296. The number of hydrogen-bond donors (Lipinski definition) is 0. The molecule has 2 heterocycles. The lowest BCUT2D eigenvalue weighted by atomic mass is 10.1. The largest absolute Gasteiger partial charge is 0.488 e. The lowest BCUT2D eigenvalue weighted by Gasteiger charge is -2.16. The third-order valence-electron chi connectivity index (χ3n) is 5.98. The minimum Gasteiger partial charge on any atom is -0.488 e. The molecule has 1 aromatic heterocycles. The molecular formula is C26H23Cl2FN4O. The van der Waals surface area contributed by atoms with E-state index in [0.717, 1.165) is 31.6 Å². The fraction of sp³-hybridized carbons (Fsp3) is 0.231. The van der Waals surface area contributed by atoms with Crippen LogP contribution in [0.3, 0.4) is 0 Å². The molecule has 0 spiro atoms. The summed E-state index contributed by atoms with van der Waals surface area (Å²) in [6, 6.07) is 20.4. The first kappa shape index (κ1) is 22.8. The van der Waals surface area contributed by atoms with Gasteiger partial charge in [-0.15, -0.1) is 5.10 Å². The van der Waals surface area contributed by atoms with E-state index in [4.69, 9.17) is 27.9 Å². The maximum atomic E-state index is 14.1. The van der Waals surface area contributed by atoms with Crippen LogP contribution < -0.4 is 4.74 Å². The van der Waals surface area contributed by atoms with Gasteiger partial charge in [0, 0.05) is 25.2 Å². The molecule has 5 rings (SSSR count). The molecule has 1 atom stereocenters. The second kappa shape index (κ2) is 10.1. The van der Waals surface area contributed by atoms with Crippen molar-refractivity contribution in [3.8, 4) is 17.0 Å². The first-order chi connectivity index (χ1) is 16.5. The van der Waals surface area contributed by atoms with Gasteiger partial charge in [-0.2, -0.15) is 0 Å². The van der Waals surface area contributed by atoms with Crippen molar-refractivity contribution in [3.63, 3.8) is 0 Å². The van der Waals surface area contributed by atoms with Crippen LogP contribution in [0.4, 0.5) is 4.39 Å². The summed E-state index contributed by atoms with van der Waals surface area (Å²) in [6.45, 7) is 3.06. The van der Waals surface area contributed by atoms with Gasteiger partial charge in [-0.05, 0) is 47.9 Å². The highest BCUT2D eigenvalue weighted by Crippen LogP contribution is 2.32. The van der Waals surface area contributed by atoms with E-state index < -0.39 is 0 Å². The molecule has 5 nitrogen and oxygen atoms in total. The van der Waals surface area contributed by atoms with Crippen LogP contribution in [0.2, 0.25) is 10.0 Å². The van der Waals surface area contributed by atoms with E-state index in [-0.39, 0.29) is 18.5 Å². The van der Waals surface area contributed by atoms with Gasteiger partial charge in [0.15, 0.2) is 0 Å². The Kier molecular flexibility index (Phi) is 6.81. The van der Waals surface area contributed by atoms with E-state index in [0.29, 0.717) is 27.1 Å². The van der Waals surface area contributed by atoms with Crippen LogP contribution >= 0.6 is 23.2 Å². The van der Waals surface area contributed by atoms with E-state index in [1.165, 1.54) is 17.7 Å². The van der Waals surface area contributed by atoms with Crippen LogP contribution in [-0.2, 0) is 13.2 Å². The average Bonchev–Trinajstić information content (AvgIpc) is 3.51. The summed E-state index contributed by atoms with van der Waals surface area (Å²) >= 11 is 12.1. The fourth-order valence-electron chi connectivity index (χ4n) is 4.21. The van der Waals surface area contributed by atoms with Gasteiger partial charge in [0.05, 0.1) is 22.3 Å². The molecule has 0 N–H and O–H groups in total. The normalized spacial score (nSPS) is 16.1. The van der Waals surface area contributed by atoms with Crippen molar-refractivity contribution < 1.29 is 9.13 Å². The number of likely N-dealkylation sites (tertiary alicyclic amines) is 1. The molecule has 1 fully saturated rings. The first-order valence-corrected chi connectivity index (χ1v) is 11.9. The molecule has 0 bridgehead atoms. The predicted molar refractivity (Wildman–Crippen MR) is 132 cm³/mol. The monoisotopic (exact) mass is 496 g/mol. The summed E-state index contributed by atoms with van der Waals surface area (Å²) in [7, 11) is 0. The third kappa shape index (κ3) is 5.25. The van der Waals surface area contributed by atoms with Crippen molar-refractivity contribution in [1.82, 2.24) is 19.9 Å². The van der Waals surface area contributed by atoms with Crippen molar-refractivity contribution in [2.45, 2.75) is 25.6 Å².